The van der Waals surface area contributed by atoms with Gasteiger partial charge in [-0.1, -0.05) is 17.7 Å². The van der Waals surface area contributed by atoms with Crippen molar-refractivity contribution in [1.29, 1.82) is 0 Å². The van der Waals surface area contributed by atoms with Gasteiger partial charge in [-0.15, -0.1) is 0 Å². The minimum atomic E-state index is -4.05. The van der Waals surface area contributed by atoms with Crippen molar-refractivity contribution in [2.24, 2.45) is 5.10 Å². The van der Waals surface area contributed by atoms with E-state index >= 15 is 0 Å². The first-order chi connectivity index (χ1) is 19.1. The van der Waals surface area contributed by atoms with E-state index in [1.165, 1.54) is 18.3 Å². The number of anilines is 1. The third-order valence-corrected chi connectivity index (χ3v) is 7.22. The molecule has 0 aliphatic rings. The molecule has 0 aliphatic carbocycles. The van der Waals surface area contributed by atoms with E-state index in [1.807, 2.05) is 27.7 Å². The zero-order valence-corrected chi connectivity index (χ0v) is 23.8. The fourth-order valence-electron chi connectivity index (χ4n) is 3.54. The standard InChI is InChI=1S/C29H34N4O6S/c1-5-38-25-14-10-24(11-15-25)33(40(36,37)27-16-6-22(4)7-17-27)19-28(34)32-30-18-23-8-12-26(13-9-23)39-20-29(35)31-21(2)3/h6-18,21H,5,19-20H2,1-4H3,(H,31,35)(H,32,34)/b30-18+. The molecule has 212 valence electrons. The first-order valence-corrected chi connectivity index (χ1v) is 14.2. The molecule has 11 heteroatoms. The molecule has 0 fully saturated rings. The van der Waals surface area contributed by atoms with E-state index in [9.17, 15) is 18.0 Å². The molecule has 0 atom stereocenters. The molecule has 2 N–H and O–H groups in total. The molecule has 3 rings (SSSR count). The van der Waals surface area contributed by atoms with Crippen LogP contribution in [0.25, 0.3) is 0 Å². The molecule has 0 unspecified atom stereocenters. The van der Waals surface area contributed by atoms with Crippen molar-refractivity contribution >= 4 is 33.7 Å². The number of hydrazone groups is 1. The van der Waals surface area contributed by atoms with Crippen LogP contribution < -0.4 is 24.5 Å². The Morgan fingerprint density at radius 2 is 1.50 bits per heavy atom. The summed E-state index contributed by atoms with van der Waals surface area (Å²) >= 11 is 0. The predicted molar refractivity (Wildman–Crippen MR) is 154 cm³/mol. The fourth-order valence-corrected chi connectivity index (χ4v) is 4.96. The Balaban J connectivity index is 1.68. The molecule has 0 aromatic heterocycles. The lowest BCUT2D eigenvalue weighted by Gasteiger charge is -2.24. The molecular formula is C29H34N4O6S. The quantitative estimate of drug-likeness (QED) is 0.240. The maximum Gasteiger partial charge on any atom is 0.264 e. The average Bonchev–Trinajstić information content (AvgIpc) is 2.92. The Hall–Kier alpha value is -4.38. The molecule has 0 radical (unpaired) electrons. The number of hydrogen-bond acceptors (Lipinski definition) is 7. The molecular weight excluding hydrogens is 532 g/mol. The van der Waals surface area contributed by atoms with Crippen molar-refractivity contribution in [2.45, 2.75) is 38.6 Å². The SMILES string of the molecule is CCOc1ccc(N(CC(=O)N/N=C/c2ccc(OCC(=O)NC(C)C)cc2)S(=O)(=O)c2ccc(C)cc2)cc1. The second-order valence-electron chi connectivity index (χ2n) is 9.12. The highest BCUT2D eigenvalue weighted by Crippen LogP contribution is 2.26. The maximum atomic E-state index is 13.5. The van der Waals surface area contributed by atoms with Crippen LogP contribution in [0.2, 0.25) is 0 Å². The Kier molecular flexibility index (Phi) is 10.7. The molecule has 40 heavy (non-hydrogen) atoms. The molecule has 0 heterocycles. The average molecular weight is 567 g/mol. The minimum absolute atomic E-state index is 0.0284. The molecule has 3 aromatic rings. The summed E-state index contributed by atoms with van der Waals surface area (Å²) in [7, 11) is -4.05. The van der Waals surface area contributed by atoms with Crippen LogP contribution in [0.1, 0.15) is 31.9 Å². The van der Waals surface area contributed by atoms with Gasteiger partial charge in [-0.05, 0) is 93.9 Å². The monoisotopic (exact) mass is 566 g/mol. The second-order valence-corrected chi connectivity index (χ2v) is 11.0. The molecule has 0 spiro atoms. The maximum absolute atomic E-state index is 13.5. The van der Waals surface area contributed by atoms with Gasteiger partial charge in [0.2, 0.25) is 0 Å². The first-order valence-electron chi connectivity index (χ1n) is 12.7. The lowest BCUT2D eigenvalue weighted by molar-refractivity contribution is -0.123. The number of hydrogen-bond donors (Lipinski definition) is 2. The number of rotatable bonds is 13. The summed E-state index contributed by atoms with van der Waals surface area (Å²) in [6, 6.07) is 19.7. The molecule has 0 aliphatic heterocycles. The van der Waals surface area contributed by atoms with Crippen LogP contribution in [0.3, 0.4) is 0 Å². The number of carbonyl (C=O) groups excluding carboxylic acids is 2. The first kappa shape index (κ1) is 30.2. The number of ether oxygens (including phenoxy) is 2. The van der Waals surface area contributed by atoms with Crippen LogP contribution >= 0.6 is 0 Å². The number of aryl methyl sites for hydroxylation is 1. The lowest BCUT2D eigenvalue weighted by Crippen LogP contribution is -2.39. The van der Waals surface area contributed by atoms with Crippen molar-refractivity contribution in [3.63, 3.8) is 0 Å². The minimum Gasteiger partial charge on any atom is -0.494 e. The Bertz CT molecular complexity index is 1400. The second kappa shape index (κ2) is 14.1. The highest BCUT2D eigenvalue weighted by atomic mass is 32.2. The zero-order chi connectivity index (χ0) is 29.1. The van der Waals surface area contributed by atoms with E-state index in [1.54, 1.807) is 60.7 Å². The number of sulfonamides is 1. The molecule has 0 saturated heterocycles. The highest BCUT2D eigenvalue weighted by molar-refractivity contribution is 7.92. The smallest absolute Gasteiger partial charge is 0.264 e. The summed E-state index contributed by atoms with van der Waals surface area (Å²) in [5, 5.41) is 6.70. The number of amides is 2. The number of carbonyl (C=O) groups is 2. The van der Waals surface area contributed by atoms with Crippen LogP contribution in [-0.2, 0) is 19.6 Å². The lowest BCUT2D eigenvalue weighted by atomic mass is 10.2. The van der Waals surface area contributed by atoms with Crippen LogP contribution in [0, 0.1) is 6.92 Å². The Morgan fingerprint density at radius 3 is 2.10 bits per heavy atom. The molecule has 0 saturated carbocycles. The molecule has 10 nitrogen and oxygen atoms in total. The summed E-state index contributed by atoms with van der Waals surface area (Å²) in [5.74, 6) is 0.250. The highest BCUT2D eigenvalue weighted by Gasteiger charge is 2.27. The molecule has 3 aromatic carbocycles. The van der Waals surface area contributed by atoms with Gasteiger partial charge >= 0.3 is 0 Å². The Labute approximate surface area is 235 Å². The van der Waals surface area contributed by atoms with E-state index in [4.69, 9.17) is 9.47 Å². The summed E-state index contributed by atoms with van der Waals surface area (Å²) in [4.78, 5) is 24.6. The summed E-state index contributed by atoms with van der Waals surface area (Å²) in [5.41, 5.74) is 4.26. The van der Waals surface area contributed by atoms with Crippen LogP contribution in [0.5, 0.6) is 11.5 Å². The number of nitrogens with zero attached hydrogens (tertiary/aromatic N) is 2. The van der Waals surface area contributed by atoms with Crippen molar-refractivity contribution in [1.82, 2.24) is 10.7 Å². The van der Waals surface area contributed by atoms with E-state index in [2.05, 4.69) is 15.8 Å². The normalized spacial score (nSPS) is 11.3. The Morgan fingerprint density at radius 1 is 0.900 bits per heavy atom. The molecule has 2 amide bonds. The van der Waals surface area contributed by atoms with Gasteiger partial charge in [-0.25, -0.2) is 13.8 Å². The van der Waals surface area contributed by atoms with Gasteiger partial charge < -0.3 is 14.8 Å². The van der Waals surface area contributed by atoms with Gasteiger partial charge in [0.15, 0.2) is 6.61 Å². The van der Waals surface area contributed by atoms with Crippen LogP contribution in [-0.4, -0.2) is 52.2 Å². The van der Waals surface area contributed by atoms with Crippen molar-refractivity contribution < 1.29 is 27.5 Å². The van der Waals surface area contributed by atoms with E-state index in [0.717, 1.165) is 9.87 Å². The van der Waals surface area contributed by atoms with Crippen molar-refractivity contribution in [2.75, 3.05) is 24.1 Å². The van der Waals surface area contributed by atoms with Gasteiger partial charge in [0.1, 0.15) is 18.0 Å². The van der Waals surface area contributed by atoms with Gasteiger partial charge in [-0.3, -0.25) is 13.9 Å². The number of nitrogens with one attached hydrogen (secondary N) is 2. The van der Waals surface area contributed by atoms with Crippen molar-refractivity contribution in [3.8, 4) is 11.5 Å². The van der Waals surface area contributed by atoms with Crippen molar-refractivity contribution in [3.05, 3.63) is 83.9 Å². The number of benzene rings is 3. The van der Waals surface area contributed by atoms with Crippen LogP contribution in [0.15, 0.2) is 82.8 Å². The zero-order valence-electron chi connectivity index (χ0n) is 23.0. The topological polar surface area (TPSA) is 126 Å². The van der Waals surface area contributed by atoms with E-state index < -0.39 is 22.5 Å². The van der Waals surface area contributed by atoms with E-state index in [0.29, 0.717) is 29.4 Å². The molecule has 0 bridgehead atoms. The predicted octanol–water partition coefficient (Wildman–Crippen LogP) is 3.64. The summed E-state index contributed by atoms with van der Waals surface area (Å²) in [6.45, 7) is 7.32. The van der Waals surface area contributed by atoms with Crippen LogP contribution in [0.4, 0.5) is 5.69 Å². The van der Waals surface area contributed by atoms with Gasteiger partial charge in [-0.2, -0.15) is 5.10 Å². The van der Waals surface area contributed by atoms with E-state index in [-0.39, 0.29) is 23.5 Å². The third kappa shape index (κ3) is 8.84. The largest absolute Gasteiger partial charge is 0.494 e. The third-order valence-electron chi connectivity index (χ3n) is 5.43. The summed E-state index contributed by atoms with van der Waals surface area (Å²) in [6.07, 6.45) is 1.42. The van der Waals surface area contributed by atoms with Gasteiger partial charge in [0.05, 0.1) is 23.4 Å². The fraction of sp³-hybridized carbons (Fsp3) is 0.276. The van der Waals surface area contributed by atoms with Gasteiger partial charge in [0.25, 0.3) is 21.8 Å². The van der Waals surface area contributed by atoms with Gasteiger partial charge in [0, 0.05) is 6.04 Å². The summed E-state index contributed by atoms with van der Waals surface area (Å²) < 4.78 is 38.9.